The molecule has 1 aliphatic carbocycles. The number of likely N-dealkylation sites (tertiary alicyclic amines) is 1. The highest BCUT2D eigenvalue weighted by Gasteiger charge is 2.35. The maximum atomic E-state index is 12.2. The van der Waals surface area contributed by atoms with E-state index in [0.717, 1.165) is 18.4 Å². The molecule has 3 rings (SSSR count). The summed E-state index contributed by atoms with van der Waals surface area (Å²) in [5, 5.41) is 0.615. The molecule has 0 aromatic heterocycles. The van der Waals surface area contributed by atoms with Crippen LogP contribution in [0.2, 0.25) is 5.02 Å². The van der Waals surface area contributed by atoms with Gasteiger partial charge in [-0.25, -0.2) is 0 Å². The summed E-state index contributed by atoms with van der Waals surface area (Å²) in [5.74, 6) is -0.188. The van der Waals surface area contributed by atoms with Crippen molar-refractivity contribution < 1.29 is 14.4 Å². The van der Waals surface area contributed by atoms with Gasteiger partial charge in [-0.15, -0.1) is 0 Å². The molecule has 1 saturated heterocycles. The van der Waals surface area contributed by atoms with Gasteiger partial charge in [0.05, 0.1) is 6.42 Å². The third kappa shape index (κ3) is 4.95. The molecule has 0 radical (unpaired) electrons. The van der Waals surface area contributed by atoms with Gasteiger partial charge < -0.3 is 4.90 Å². The van der Waals surface area contributed by atoms with Gasteiger partial charge in [-0.3, -0.25) is 25.2 Å². The van der Waals surface area contributed by atoms with Crippen molar-refractivity contribution in [2.75, 3.05) is 13.1 Å². The van der Waals surface area contributed by atoms with Crippen LogP contribution in [-0.2, 0) is 20.8 Å². The highest BCUT2D eigenvalue weighted by molar-refractivity contribution is 6.30. The maximum Gasteiger partial charge on any atom is 0.242 e. The average molecular weight is 364 g/mol. The van der Waals surface area contributed by atoms with Crippen molar-refractivity contribution in [3.05, 3.63) is 34.9 Å². The molecule has 3 amide bonds. The average Bonchev–Trinajstić information content (AvgIpc) is 3.46. The van der Waals surface area contributed by atoms with Crippen LogP contribution in [0, 0.1) is 11.8 Å². The largest absolute Gasteiger partial charge is 0.342 e. The zero-order valence-electron chi connectivity index (χ0n) is 14.0. The van der Waals surface area contributed by atoms with E-state index in [1.54, 1.807) is 24.3 Å². The van der Waals surface area contributed by atoms with E-state index in [2.05, 4.69) is 10.9 Å². The van der Waals surface area contributed by atoms with E-state index in [-0.39, 0.29) is 36.0 Å². The Kier molecular flexibility index (Phi) is 5.58. The molecule has 0 atom stereocenters. The first-order chi connectivity index (χ1) is 12.0. The van der Waals surface area contributed by atoms with E-state index in [0.29, 0.717) is 31.0 Å². The van der Waals surface area contributed by atoms with Crippen LogP contribution in [0.1, 0.15) is 31.2 Å². The lowest BCUT2D eigenvalue weighted by molar-refractivity contribution is -0.137. The fraction of sp³-hybridized carbons (Fsp3) is 0.500. The van der Waals surface area contributed by atoms with Crippen molar-refractivity contribution >= 4 is 29.3 Å². The summed E-state index contributed by atoms with van der Waals surface area (Å²) < 4.78 is 0. The number of hydrazine groups is 1. The molecular formula is C18H22ClN3O3. The number of piperidine rings is 1. The first kappa shape index (κ1) is 17.7. The van der Waals surface area contributed by atoms with Gasteiger partial charge in [0.1, 0.15) is 0 Å². The molecule has 6 nitrogen and oxygen atoms in total. The first-order valence-corrected chi connectivity index (χ1v) is 9.02. The second-order valence-electron chi connectivity index (χ2n) is 6.71. The van der Waals surface area contributed by atoms with Crippen molar-refractivity contribution in [1.29, 1.82) is 0 Å². The number of halogens is 1. The van der Waals surface area contributed by atoms with Crippen molar-refractivity contribution in [3.8, 4) is 0 Å². The Labute approximate surface area is 151 Å². The van der Waals surface area contributed by atoms with Crippen molar-refractivity contribution in [2.45, 2.75) is 32.1 Å². The standard InChI is InChI=1S/C18H22ClN3O3/c19-15-5-1-12(2-6-15)11-16(23)20-21-17(24)13-7-9-22(10-8-13)18(25)14-3-4-14/h1-2,5-6,13-14H,3-4,7-11H2,(H,20,23)(H,21,24). The van der Waals surface area contributed by atoms with Crippen LogP contribution in [0.5, 0.6) is 0 Å². The van der Waals surface area contributed by atoms with E-state index >= 15 is 0 Å². The molecular weight excluding hydrogens is 342 g/mol. The Morgan fingerprint density at radius 1 is 0.960 bits per heavy atom. The molecule has 2 fully saturated rings. The second-order valence-corrected chi connectivity index (χ2v) is 7.15. The summed E-state index contributed by atoms with van der Waals surface area (Å²) in [6, 6.07) is 6.99. The summed E-state index contributed by atoms with van der Waals surface area (Å²) in [6.45, 7) is 1.23. The summed E-state index contributed by atoms with van der Waals surface area (Å²) in [5.41, 5.74) is 5.77. The molecule has 0 bridgehead atoms. The minimum atomic E-state index is -0.281. The Balaban J connectivity index is 1.38. The van der Waals surface area contributed by atoms with Gasteiger partial charge in [0, 0.05) is 29.9 Å². The lowest BCUT2D eigenvalue weighted by Crippen LogP contribution is -2.48. The molecule has 0 spiro atoms. The molecule has 7 heteroatoms. The minimum absolute atomic E-state index is 0.168. The lowest BCUT2D eigenvalue weighted by atomic mass is 9.96. The van der Waals surface area contributed by atoms with Crippen LogP contribution >= 0.6 is 11.6 Å². The van der Waals surface area contributed by atoms with Crippen molar-refractivity contribution in [2.24, 2.45) is 11.8 Å². The second kappa shape index (κ2) is 7.87. The molecule has 1 saturated carbocycles. The summed E-state index contributed by atoms with van der Waals surface area (Å²) in [6.07, 6.45) is 3.44. The smallest absolute Gasteiger partial charge is 0.242 e. The number of amides is 3. The van der Waals surface area contributed by atoms with Gasteiger partial charge in [-0.2, -0.15) is 0 Å². The summed E-state index contributed by atoms with van der Waals surface area (Å²) in [4.78, 5) is 37.9. The normalized spacial score (nSPS) is 17.9. The van der Waals surface area contributed by atoms with Gasteiger partial charge in [0.25, 0.3) is 0 Å². The molecule has 2 aliphatic rings. The topological polar surface area (TPSA) is 78.5 Å². The van der Waals surface area contributed by atoms with Gasteiger partial charge in [0.2, 0.25) is 17.7 Å². The fourth-order valence-corrected chi connectivity index (χ4v) is 3.14. The van der Waals surface area contributed by atoms with Crippen LogP contribution < -0.4 is 10.9 Å². The lowest BCUT2D eigenvalue weighted by Gasteiger charge is -2.31. The van der Waals surface area contributed by atoms with Crippen LogP contribution in [0.15, 0.2) is 24.3 Å². The number of benzene rings is 1. The van der Waals surface area contributed by atoms with E-state index < -0.39 is 0 Å². The molecule has 1 heterocycles. The minimum Gasteiger partial charge on any atom is -0.342 e. The number of hydrogen-bond donors (Lipinski definition) is 2. The van der Waals surface area contributed by atoms with Gasteiger partial charge in [-0.1, -0.05) is 23.7 Å². The molecule has 0 unspecified atom stereocenters. The Morgan fingerprint density at radius 3 is 2.20 bits per heavy atom. The Morgan fingerprint density at radius 2 is 1.60 bits per heavy atom. The maximum absolute atomic E-state index is 12.2. The third-order valence-corrected chi connectivity index (χ3v) is 4.96. The van der Waals surface area contributed by atoms with Crippen molar-refractivity contribution in [1.82, 2.24) is 15.8 Å². The van der Waals surface area contributed by atoms with E-state index in [4.69, 9.17) is 11.6 Å². The van der Waals surface area contributed by atoms with Crippen molar-refractivity contribution in [3.63, 3.8) is 0 Å². The molecule has 1 aromatic rings. The van der Waals surface area contributed by atoms with Gasteiger partial charge in [-0.05, 0) is 43.4 Å². The molecule has 2 N–H and O–H groups in total. The first-order valence-electron chi connectivity index (χ1n) is 8.65. The predicted octanol–water partition coefficient (Wildman–Crippen LogP) is 1.68. The number of hydrogen-bond acceptors (Lipinski definition) is 3. The number of carbonyl (C=O) groups is 3. The van der Waals surface area contributed by atoms with E-state index in [1.165, 1.54) is 0 Å². The molecule has 1 aromatic carbocycles. The highest BCUT2D eigenvalue weighted by Crippen LogP contribution is 2.32. The Hall–Kier alpha value is -2.08. The van der Waals surface area contributed by atoms with Crippen LogP contribution in [0.3, 0.4) is 0 Å². The number of carbonyl (C=O) groups excluding carboxylic acids is 3. The number of nitrogens with one attached hydrogen (secondary N) is 2. The molecule has 25 heavy (non-hydrogen) atoms. The van der Waals surface area contributed by atoms with Gasteiger partial charge >= 0.3 is 0 Å². The summed E-state index contributed by atoms with van der Waals surface area (Å²) in [7, 11) is 0. The zero-order chi connectivity index (χ0) is 17.8. The number of rotatable bonds is 4. The fourth-order valence-electron chi connectivity index (χ4n) is 3.02. The SMILES string of the molecule is O=C(Cc1ccc(Cl)cc1)NNC(=O)C1CCN(C(=O)C2CC2)CC1. The van der Waals surface area contributed by atoms with Crippen LogP contribution in [-0.4, -0.2) is 35.7 Å². The Bertz CT molecular complexity index is 650. The van der Waals surface area contributed by atoms with Gasteiger partial charge in [0.15, 0.2) is 0 Å². The zero-order valence-corrected chi connectivity index (χ0v) is 14.7. The molecule has 1 aliphatic heterocycles. The highest BCUT2D eigenvalue weighted by atomic mass is 35.5. The molecule has 134 valence electrons. The monoisotopic (exact) mass is 363 g/mol. The van der Waals surface area contributed by atoms with E-state index in [9.17, 15) is 14.4 Å². The van der Waals surface area contributed by atoms with Crippen LogP contribution in [0.25, 0.3) is 0 Å². The predicted molar refractivity (Wildman–Crippen MR) is 93.5 cm³/mol. The van der Waals surface area contributed by atoms with E-state index in [1.807, 2.05) is 4.90 Å². The summed E-state index contributed by atoms with van der Waals surface area (Å²) >= 11 is 5.81. The third-order valence-electron chi connectivity index (χ3n) is 4.71. The number of nitrogens with zero attached hydrogens (tertiary/aromatic N) is 1. The van der Waals surface area contributed by atoms with Crippen LogP contribution in [0.4, 0.5) is 0 Å². The quantitative estimate of drug-likeness (QED) is 0.799.